The molecule has 0 aromatic carbocycles. The van der Waals surface area contributed by atoms with E-state index >= 15 is 0 Å². The monoisotopic (exact) mass is 978 g/mol. The Morgan fingerprint density at radius 2 is 1.03 bits per heavy atom. The second kappa shape index (κ2) is 37.3. The van der Waals surface area contributed by atoms with Crippen LogP contribution >= 0.6 is 15.6 Å². The quantitative estimate of drug-likeness (QED) is 0.0127. The predicted molar refractivity (Wildman–Crippen MR) is 252 cm³/mol. The number of aliphatic hydroxyl groups excluding tert-OH is 5. The van der Waals surface area contributed by atoms with Gasteiger partial charge in [0.1, 0.15) is 43.2 Å². The summed E-state index contributed by atoms with van der Waals surface area (Å²) >= 11 is 0. The van der Waals surface area contributed by atoms with Gasteiger partial charge in [-0.1, -0.05) is 132 Å². The minimum Gasteiger partial charge on any atom is -0.462 e. The van der Waals surface area contributed by atoms with Crippen LogP contribution < -0.4 is 0 Å². The molecule has 0 amide bonds. The normalized spacial score (nSPS) is 22.6. The van der Waals surface area contributed by atoms with Gasteiger partial charge in [-0.25, -0.2) is 9.13 Å². The number of ether oxygens (including phenoxy) is 2. The third-order valence-electron chi connectivity index (χ3n) is 10.3. The summed E-state index contributed by atoms with van der Waals surface area (Å²) in [7, 11) is -10.7. The number of phosphoric acid groups is 2. The molecule has 1 rings (SSSR count). The van der Waals surface area contributed by atoms with Gasteiger partial charge in [0.05, 0.1) is 12.7 Å². The van der Waals surface area contributed by atoms with E-state index in [1.807, 2.05) is 48.6 Å². The number of rotatable bonds is 38. The van der Waals surface area contributed by atoms with Crippen LogP contribution in [0.15, 0.2) is 72.9 Å². The van der Waals surface area contributed by atoms with Crippen molar-refractivity contribution in [3.8, 4) is 0 Å². The minimum absolute atomic E-state index is 0.0552. The summed E-state index contributed by atoms with van der Waals surface area (Å²) in [6, 6.07) is 0. The van der Waals surface area contributed by atoms with Crippen molar-refractivity contribution in [2.45, 2.75) is 198 Å². The van der Waals surface area contributed by atoms with Gasteiger partial charge < -0.3 is 49.7 Å². The van der Waals surface area contributed by atoms with E-state index in [-0.39, 0.29) is 12.8 Å². The van der Waals surface area contributed by atoms with Crippen LogP contribution in [0, 0.1) is 0 Å². The average molecular weight is 979 g/mol. The fraction of sp³-hybridized carbons (Fsp3) is 0.702. The lowest BCUT2D eigenvalue weighted by molar-refractivity contribution is -0.216. The first-order valence-electron chi connectivity index (χ1n) is 23.6. The molecule has 0 saturated heterocycles. The lowest BCUT2D eigenvalue weighted by Gasteiger charge is -2.43. The molecule has 0 heterocycles. The lowest BCUT2D eigenvalue weighted by atomic mass is 9.85. The molecule has 8 N–H and O–H groups in total. The minimum atomic E-state index is -5.38. The van der Waals surface area contributed by atoms with E-state index < -0.39 is 89.6 Å². The van der Waals surface area contributed by atoms with E-state index in [0.717, 1.165) is 77.0 Å². The highest BCUT2D eigenvalue weighted by molar-refractivity contribution is 7.47. The van der Waals surface area contributed by atoms with Crippen molar-refractivity contribution in [3.63, 3.8) is 0 Å². The number of phosphoric ester groups is 2. The molecule has 0 aromatic heterocycles. The fourth-order valence-corrected chi connectivity index (χ4v) is 8.13. The number of hydrogen-bond donors (Lipinski definition) is 8. The summed E-state index contributed by atoms with van der Waals surface area (Å²) in [6.07, 6.45) is 26.3. The Bertz CT molecular complexity index is 1570. The fourth-order valence-electron chi connectivity index (χ4n) is 6.60. The van der Waals surface area contributed by atoms with E-state index in [1.54, 1.807) is 0 Å². The Morgan fingerprint density at radius 3 is 1.61 bits per heavy atom. The van der Waals surface area contributed by atoms with E-state index in [4.69, 9.17) is 28.3 Å². The SMILES string of the molecule is CCCCC/C=C\C/C=C\CCCCCCCC(=O)OC[C@H](COP(=O)(O)O[C@H]1C(O)C(O)C(O)[C@@H](OP(=O)(O)O)C1O)OC(=O)CCC/C=C\C/C=C\C/C=C\C/C=C\[C@H](O)CCCC. The highest BCUT2D eigenvalue weighted by Gasteiger charge is 2.54. The summed E-state index contributed by atoms with van der Waals surface area (Å²) in [5, 5.41) is 51.1. The Kier molecular flexibility index (Phi) is 34.7. The maximum Gasteiger partial charge on any atom is 0.472 e. The van der Waals surface area contributed by atoms with E-state index in [0.29, 0.717) is 25.7 Å². The summed E-state index contributed by atoms with van der Waals surface area (Å²) in [4.78, 5) is 54.2. The number of carbonyl (C=O) groups excluding carboxylic acids is 2. The maximum atomic E-state index is 13.0. The van der Waals surface area contributed by atoms with Crippen LogP contribution in [-0.4, -0.2) is 114 Å². The molecule has 17 nitrogen and oxygen atoms in total. The van der Waals surface area contributed by atoms with Gasteiger partial charge in [0.2, 0.25) is 0 Å². The van der Waals surface area contributed by atoms with Gasteiger partial charge >= 0.3 is 27.6 Å². The zero-order valence-electron chi connectivity index (χ0n) is 39.0. The number of aliphatic hydroxyl groups is 5. The number of unbranched alkanes of at least 4 members (excludes halogenated alkanes) is 10. The van der Waals surface area contributed by atoms with Crippen molar-refractivity contribution >= 4 is 27.6 Å². The molecule has 0 spiro atoms. The molecule has 380 valence electrons. The second-order valence-corrected chi connectivity index (χ2v) is 18.9. The van der Waals surface area contributed by atoms with Crippen molar-refractivity contribution in [3.05, 3.63) is 72.9 Å². The molecule has 5 unspecified atom stereocenters. The first kappa shape index (κ1) is 61.4. The zero-order valence-corrected chi connectivity index (χ0v) is 40.7. The molecular formula is C47H80O17P2. The largest absolute Gasteiger partial charge is 0.472 e. The van der Waals surface area contributed by atoms with E-state index in [9.17, 15) is 49.1 Å². The topological polar surface area (TPSA) is 276 Å². The Labute approximate surface area is 392 Å². The molecular weight excluding hydrogens is 898 g/mol. The van der Waals surface area contributed by atoms with Gasteiger partial charge in [0.15, 0.2) is 6.10 Å². The molecule has 1 aliphatic carbocycles. The lowest BCUT2D eigenvalue weighted by Crippen LogP contribution is -2.64. The molecule has 1 aliphatic rings. The maximum absolute atomic E-state index is 13.0. The first-order chi connectivity index (χ1) is 31.5. The highest BCUT2D eigenvalue weighted by Crippen LogP contribution is 2.49. The molecule has 1 saturated carbocycles. The number of carbonyl (C=O) groups is 2. The standard InChI is InChI=1S/C47H80O17P2/c1-3-5-7-8-9-10-11-12-13-14-18-21-24-27-30-34-40(49)60-36-39(37-61-66(58,59)64-47-44(53)42(51)43(52)46(45(47)54)63-65(55,56)57)62-41(50)35-31-28-25-22-19-16-15-17-20-23-26-29-33-38(48)32-6-4-2/h9-10,12-13,15-16,20,22-23,25,29,33,38-39,42-48,51-54H,3-8,11,14,17-19,21,24,26-28,30-32,34-37H2,1-2H3,(H,58,59)(H2,55,56,57)/b10-9-,13-12-,16-15-,23-20-,25-22-,33-29-/t38-,39-,42?,43?,44?,45?,46-,47+/m1/s1. The number of allylic oxidation sites excluding steroid dienone is 11. The molecule has 66 heavy (non-hydrogen) atoms. The second-order valence-electron chi connectivity index (χ2n) is 16.3. The molecule has 0 aromatic rings. The Morgan fingerprint density at radius 1 is 0.545 bits per heavy atom. The highest BCUT2D eigenvalue weighted by atomic mass is 31.2. The van der Waals surface area contributed by atoms with E-state index in [1.165, 1.54) is 19.3 Å². The number of esters is 2. The van der Waals surface area contributed by atoms with Gasteiger partial charge in [-0.3, -0.25) is 23.2 Å². The third kappa shape index (κ3) is 31.4. The van der Waals surface area contributed by atoms with E-state index in [2.05, 4.69) is 42.7 Å². The summed E-state index contributed by atoms with van der Waals surface area (Å²) in [5.41, 5.74) is 0. The molecule has 1 fully saturated rings. The predicted octanol–water partition coefficient (Wildman–Crippen LogP) is 7.81. The van der Waals surface area contributed by atoms with Crippen LogP contribution in [0.25, 0.3) is 0 Å². The molecule has 19 heteroatoms. The van der Waals surface area contributed by atoms with Crippen LogP contribution in [0.1, 0.15) is 149 Å². The molecule has 0 radical (unpaired) electrons. The van der Waals surface area contributed by atoms with Crippen molar-refractivity contribution in [1.29, 1.82) is 0 Å². The van der Waals surface area contributed by atoms with Crippen LogP contribution in [0.5, 0.6) is 0 Å². The van der Waals surface area contributed by atoms with Gasteiger partial charge in [-0.05, 0) is 77.0 Å². The van der Waals surface area contributed by atoms with Crippen molar-refractivity contribution in [1.82, 2.24) is 0 Å². The van der Waals surface area contributed by atoms with Crippen LogP contribution in [0.3, 0.4) is 0 Å². The smallest absolute Gasteiger partial charge is 0.462 e. The van der Waals surface area contributed by atoms with Crippen molar-refractivity contribution < 1.29 is 82.0 Å². The molecule has 0 bridgehead atoms. The average Bonchev–Trinajstić information content (AvgIpc) is 3.27. The molecule has 9 atom stereocenters. The van der Waals surface area contributed by atoms with Crippen molar-refractivity contribution in [2.24, 2.45) is 0 Å². The third-order valence-corrected chi connectivity index (χ3v) is 11.8. The molecule has 0 aliphatic heterocycles. The summed E-state index contributed by atoms with van der Waals surface area (Å²) in [6.45, 7) is 2.86. The first-order valence-corrected chi connectivity index (χ1v) is 26.6. The van der Waals surface area contributed by atoms with Crippen LogP contribution in [0.2, 0.25) is 0 Å². The Hall–Kier alpha value is -2.60. The van der Waals surface area contributed by atoms with Gasteiger partial charge in [0, 0.05) is 12.8 Å². The van der Waals surface area contributed by atoms with Gasteiger partial charge in [-0.2, -0.15) is 0 Å². The van der Waals surface area contributed by atoms with Crippen molar-refractivity contribution in [2.75, 3.05) is 13.2 Å². The Balaban J connectivity index is 2.67. The van der Waals surface area contributed by atoms with Gasteiger partial charge in [-0.15, -0.1) is 0 Å². The van der Waals surface area contributed by atoms with Gasteiger partial charge in [0.25, 0.3) is 0 Å². The summed E-state index contributed by atoms with van der Waals surface area (Å²) in [5.74, 6) is -1.32. The zero-order chi connectivity index (χ0) is 49.1. The van der Waals surface area contributed by atoms with Crippen LogP contribution in [-0.2, 0) is 41.8 Å². The number of hydrogen-bond acceptors (Lipinski definition) is 14. The summed E-state index contributed by atoms with van der Waals surface area (Å²) < 4.78 is 49.3. The van der Waals surface area contributed by atoms with Crippen LogP contribution in [0.4, 0.5) is 0 Å².